The van der Waals surface area contributed by atoms with Crippen molar-refractivity contribution in [2.24, 2.45) is 16.9 Å². The molecule has 32 heavy (non-hydrogen) atoms. The number of hydrogen-bond acceptors (Lipinski definition) is 4. The maximum Gasteiger partial charge on any atom is 0.246 e. The predicted octanol–water partition coefficient (Wildman–Crippen LogP) is 5.57. The third kappa shape index (κ3) is 4.25. The van der Waals surface area contributed by atoms with Crippen LogP contribution in [0.4, 0.5) is 0 Å². The van der Waals surface area contributed by atoms with Crippen molar-refractivity contribution in [2.45, 2.75) is 64.0 Å². The number of amides is 1. The van der Waals surface area contributed by atoms with Crippen molar-refractivity contribution >= 4 is 11.6 Å². The summed E-state index contributed by atoms with van der Waals surface area (Å²) in [6.07, 6.45) is 9.10. The van der Waals surface area contributed by atoms with Crippen molar-refractivity contribution < 1.29 is 14.3 Å². The minimum atomic E-state index is 0.0151. The van der Waals surface area contributed by atoms with Crippen LogP contribution in [0.5, 0.6) is 11.5 Å². The Balaban J connectivity index is 1.50. The van der Waals surface area contributed by atoms with Crippen LogP contribution in [-0.4, -0.2) is 29.8 Å². The molecule has 168 valence electrons. The summed E-state index contributed by atoms with van der Waals surface area (Å²) in [5.74, 6) is 1.91. The number of hydrogen-bond donors (Lipinski definition) is 0. The van der Waals surface area contributed by atoms with Crippen LogP contribution in [0.15, 0.2) is 53.6 Å². The molecule has 1 heterocycles. The molecule has 5 rings (SSSR count). The highest BCUT2D eigenvalue weighted by molar-refractivity contribution is 6.07. The second-order valence-electron chi connectivity index (χ2n) is 9.25. The Hall–Kier alpha value is -2.82. The third-order valence-electron chi connectivity index (χ3n) is 7.15. The molecule has 2 aromatic rings. The van der Waals surface area contributed by atoms with E-state index in [-0.39, 0.29) is 23.8 Å². The summed E-state index contributed by atoms with van der Waals surface area (Å²) >= 11 is 0. The lowest BCUT2D eigenvalue weighted by atomic mass is 9.73. The molecule has 3 aliphatic rings. The monoisotopic (exact) mass is 432 g/mol. The van der Waals surface area contributed by atoms with Crippen molar-refractivity contribution in [1.29, 1.82) is 0 Å². The van der Waals surface area contributed by atoms with E-state index >= 15 is 0 Å². The maximum absolute atomic E-state index is 13.3. The molecule has 0 radical (unpaired) electrons. The van der Waals surface area contributed by atoms with E-state index in [1.165, 1.54) is 12.8 Å². The van der Waals surface area contributed by atoms with Crippen molar-refractivity contribution in [3.63, 3.8) is 0 Å². The van der Waals surface area contributed by atoms with Crippen LogP contribution >= 0.6 is 0 Å². The Morgan fingerprint density at radius 3 is 2.38 bits per heavy atom. The molecule has 0 spiro atoms. The van der Waals surface area contributed by atoms with Crippen LogP contribution < -0.4 is 9.47 Å². The Morgan fingerprint density at radius 2 is 1.62 bits per heavy atom. The SMILES string of the molecule is COc1ccc(C2=NN(Cc3ccccc3)C(=O)[C@@H]3CCCC[C@H]23)cc1OC1CCCC1. The van der Waals surface area contributed by atoms with Gasteiger partial charge in [-0.1, -0.05) is 43.2 Å². The van der Waals surface area contributed by atoms with Crippen LogP contribution in [-0.2, 0) is 11.3 Å². The summed E-state index contributed by atoms with van der Waals surface area (Å²) in [6.45, 7) is 0.508. The number of carbonyl (C=O) groups excluding carboxylic acids is 1. The molecule has 1 aliphatic heterocycles. The lowest BCUT2D eigenvalue weighted by Gasteiger charge is -2.38. The first-order valence-corrected chi connectivity index (χ1v) is 12.0. The predicted molar refractivity (Wildman–Crippen MR) is 125 cm³/mol. The second kappa shape index (κ2) is 9.35. The number of benzene rings is 2. The molecule has 2 fully saturated rings. The van der Waals surface area contributed by atoms with E-state index in [0.717, 1.165) is 66.9 Å². The molecule has 0 aromatic heterocycles. The topological polar surface area (TPSA) is 51.1 Å². The highest BCUT2D eigenvalue weighted by Gasteiger charge is 2.41. The first-order valence-electron chi connectivity index (χ1n) is 12.0. The van der Waals surface area contributed by atoms with Crippen molar-refractivity contribution in [2.75, 3.05) is 7.11 Å². The van der Waals surface area contributed by atoms with Crippen molar-refractivity contribution in [3.8, 4) is 11.5 Å². The Labute approximate surface area is 190 Å². The lowest BCUT2D eigenvalue weighted by molar-refractivity contribution is -0.139. The molecule has 5 heteroatoms. The molecule has 0 saturated heterocycles. The zero-order chi connectivity index (χ0) is 21.9. The van der Waals surface area contributed by atoms with Crippen molar-refractivity contribution in [3.05, 3.63) is 59.7 Å². The van der Waals surface area contributed by atoms with E-state index in [1.807, 2.05) is 24.3 Å². The molecular weight excluding hydrogens is 400 g/mol. The van der Waals surface area contributed by atoms with Crippen LogP contribution in [0.25, 0.3) is 0 Å². The van der Waals surface area contributed by atoms with Crippen LogP contribution in [0.3, 0.4) is 0 Å². The smallest absolute Gasteiger partial charge is 0.246 e. The van der Waals surface area contributed by atoms with E-state index in [2.05, 4.69) is 24.3 Å². The molecule has 0 N–H and O–H groups in total. The average molecular weight is 433 g/mol. The minimum Gasteiger partial charge on any atom is -0.493 e. The van der Waals surface area contributed by atoms with E-state index < -0.39 is 0 Å². The summed E-state index contributed by atoms with van der Waals surface area (Å²) in [5, 5.41) is 6.64. The fraction of sp³-hybridized carbons (Fsp3) is 0.481. The fourth-order valence-corrected chi connectivity index (χ4v) is 5.45. The van der Waals surface area contributed by atoms with Gasteiger partial charge in [-0.15, -0.1) is 0 Å². The quantitative estimate of drug-likeness (QED) is 0.600. The fourth-order valence-electron chi connectivity index (χ4n) is 5.45. The number of rotatable bonds is 6. The Bertz CT molecular complexity index is 982. The lowest BCUT2D eigenvalue weighted by Crippen LogP contribution is -2.45. The zero-order valence-corrected chi connectivity index (χ0v) is 18.8. The number of methoxy groups -OCH3 is 1. The van der Waals surface area contributed by atoms with Gasteiger partial charge in [-0.05, 0) is 62.3 Å². The van der Waals surface area contributed by atoms with Gasteiger partial charge in [-0.3, -0.25) is 4.79 Å². The first kappa shape index (κ1) is 21.0. The van der Waals surface area contributed by atoms with Gasteiger partial charge in [0, 0.05) is 17.4 Å². The molecule has 0 unspecified atom stereocenters. The summed E-state index contributed by atoms with van der Waals surface area (Å²) in [6, 6.07) is 16.3. The number of carbonyl (C=O) groups is 1. The van der Waals surface area contributed by atoms with Gasteiger partial charge in [0.1, 0.15) is 0 Å². The number of fused-ring (bicyclic) bond motifs is 1. The van der Waals surface area contributed by atoms with Gasteiger partial charge in [-0.2, -0.15) is 5.10 Å². The highest BCUT2D eigenvalue weighted by Crippen LogP contribution is 2.40. The van der Waals surface area contributed by atoms with Gasteiger partial charge in [0.15, 0.2) is 11.5 Å². The van der Waals surface area contributed by atoms with Gasteiger partial charge < -0.3 is 9.47 Å². The van der Waals surface area contributed by atoms with E-state index in [4.69, 9.17) is 14.6 Å². The minimum absolute atomic E-state index is 0.0151. The summed E-state index contributed by atoms with van der Waals surface area (Å²) < 4.78 is 11.9. The largest absolute Gasteiger partial charge is 0.493 e. The number of nitrogens with zero attached hydrogens (tertiary/aromatic N) is 2. The molecule has 5 nitrogen and oxygen atoms in total. The number of ether oxygens (including phenoxy) is 2. The maximum atomic E-state index is 13.3. The summed E-state index contributed by atoms with van der Waals surface area (Å²) in [7, 11) is 1.69. The normalized spacial score (nSPS) is 23.6. The van der Waals surface area contributed by atoms with Crippen LogP contribution in [0.2, 0.25) is 0 Å². The van der Waals surface area contributed by atoms with Gasteiger partial charge in [0.05, 0.1) is 25.5 Å². The average Bonchev–Trinajstić information content (AvgIpc) is 3.35. The standard InChI is InChI=1S/C27H32N2O3/c1-31-24-16-15-20(17-25(24)32-21-11-5-6-12-21)26-22-13-7-8-14-23(22)27(30)29(28-26)18-19-9-3-2-4-10-19/h2-4,9-10,15-17,21-23H,5-8,11-14,18H2,1H3/t22-,23+/m0/s1. The molecule has 2 aliphatic carbocycles. The first-order chi connectivity index (χ1) is 15.7. The highest BCUT2D eigenvalue weighted by atomic mass is 16.5. The van der Waals surface area contributed by atoms with Gasteiger partial charge >= 0.3 is 0 Å². The molecule has 2 saturated carbocycles. The Kier molecular flexibility index (Phi) is 6.15. The van der Waals surface area contributed by atoms with Crippen molar-refractivity contribution in [1.82, 2.24) is 5.01 Å². The second-order valence-corrected chi connectivity index (χ2v) is 9.25. The van der Waals surface area contributed by atoms with E-state index in [0.29, 0.717) is 6.54 Å². The summed E-state index contributed by atoms with van der Waals surface area (Å²) in [4.78, 5) is 13.3. The molecule has 2 atom stereocenters. The van der Waals surface area contributed by atoms with Crippen LogP contribution in [0, 0.1) is 11.8 Å². The number of hydrazone groups is 1. The van der Waals surface area contributed by atoms with Gasteiger partial charge in [-0.25, -0.2) is 5.01 Å². The Morgan fingerprint density at radius 1 is 0.906 bits per heavy atom. The van der Waals surface area contributed by atoms with E-state index in [9.17, 15) is 4.79 Å². The van der Waals surface area contributed by atoms with E-state index in [1.54, 1.807) is 12.1 Å². The van der Waals surface area contributed by atoms with Gasteiger partial charge in [0.2, 0.25) is 5.91 Å². The molecule has 0 bridgehead atoms. The van der Waals surface area contributed by atoms with Crippen LogP contribution in [0.1, 0.15) is 62.5 Å². The third-order valence-corrected chi connectivity index (χ3v) is 7.15. The molecule has 1 amide bonds. The molecule has 2 aromatic carbocycles. The zero-order valence-electron chi connectivity index (χ0n) is 18.8. The summed E-state index contributed by atoms with van der Waals surface area (Å²) in [5.41, 5.74) is 3.16. The molecular formula is C27H32N2O3. The van der Waals surface area contributed by atoms with Gasteiger partial charge in [0.25, 0.3) is 0 Å².